The molecule has 130 valence electrons. The van der Waals surface area contributed by atoms with Crippen molar-refractivity contribution < 1.29 is 17.2 Å². The fourth-order valence-electron chi connectivity index (χ4n) is 3.09. The van der Waals surface area contributed by atoms with Gasteiger partial charge in [-0.2, -0.15) is 4.31 Å². The highest BCUT2D eigenvalue weighted by Crippen LogP contribution is 2.38. The highest BCUT2D eigenvalue weighted by Gasteiger charge is 2.35. The maximum Gasteiger partial charge on any atom is 0.246 e. The summed E-state index contributed by atoms with van der Waals surface area (Å²) in [7, 11) is -4.10. The fraction of sp³-hybridized carbons (Fsp3) is 0.412. The van der Waals surface area contributed by atoms with Crippen LogP contribution in [0.25, 0.3) is 0 Å². The number of benzene rings is 1. The Hall–Kier alpha value is -1.31. The third-order valence-corrected chi connectivity index (χ3v) is 7.30. The lowest BCUT2D eigenvalue weighted by Gasteiger charge is -2.28. The quantitative estimate of drug-likeness (QED) is 0.788. The number of hydrogen-bond donors (Lipinski definition) is 0. The third-order valence-electron chi connectivity index (χ3n) is 4.27. The van der Waals surface area contributed by atoms with Gasteiger partial charge in [0, 0.05) is 16.3 Å². The number of sulfonamides is 1. The zero-order valence-electron chi connectivity index (χ0n) is 13.3. The third kappa shape index (κ3) is 3.38. The molecule has 1 atom stereocenters. The number of hydrogen-bond acceptors (Lipinski definition) is 3. The molecule has 0 saturated carbocycles. The van der Waals surface area contributed by atoms with E-state index < -0.39 is 26.6 Å². The van der Waals surface area contributed by atoms with Crippen molar-refractivity contribution in [1.82, 2.24) is 4.31 Å². The zero-order chi connectivity index (χ0) is 17.3. The fourth-order valence-corrected chi connectivity index (χ4v) is 5.93. The van der Waals surface area contributed by atoms with E-state index in [4.69, 9.17) is 0 Å². The first-order valence-corrected chi connectivity index (χ1v) is 10.2. The van der Waals surface area contributed by atoms with Crippen LogP contribution in [0.1, 0.15) is 41.5 Å². The molecule has 1 saturated heterocycles. The van der Waals surface area contributed by atoms with Crippen molar-refractivity contribution in [3.63, 3.8) is 0 Å². The Morgan fingerprint density at radius 3 is 2.62 bits per heavy atom. The number of rotatable bonds is 3. The molecule has 0 amide bonds. The molecule has 0 bridgehead atoms. The molecular formula is C17H19F2NO2S2. The maximum absolute atomic E-state index is 14.1. The molecule has 3 rings (SSSR count). The lowest BCUT2D eigenvalue weighted by Crippen LogP contribution is -2.35. The SMILES string of the molecule is Cc1ccc([C@@H]2CCCCCN2S(=O)(=O)c2cc(F)ccc2F)s1. The molecule has 1 aliphatic heterocycles. The highest BCUT2D eigenvalue weighted by molar-refractivity contribution is 7.89. The Morgan fingerprint density at radius 2 is 1.92 bits per heavy atom. The molecule has 1 aliphatic rings. The lowest BCUT2D eigenvalue weighted by atomic mass is 10.1. The largest absolute Gasteiger partial charge is 0.246 e. The molecule has 2 aromatic rings. The van der Waals surface area contributed by atoms with E-state index in [1.807, 2.05) is 19.1 Å². The molecule has 0 spiro atoms. The normalized spacial score (nSPS) is 20.0. The van der Waals surface area contributed by atoms with Crippen LogP contribution in [0.5, 0.6) is 0 Å². The van der Waals surface area contributed by atoms with E-state index >= 15 is 0 Å². The first-order valence-electron chi connectivity index (χ1n) is 7.93. The predicted octanol–water partition coefficient (Wildman–Crippen LogP) is 4.64. The average molecular weight is 371 g/mol. The summed E-state index contributed by atoms with van der Waals surface area (Å²) in [5.41, 5.74) is 0. The Balaban J connectivity index is 2.06. The summed E-state index contributed by atoms with van der Waals surface area (Å²) in [4.78, 5) is 1.47. The van der Waals surface area contributed by atoms with E-state index in [0.29, 0.717) is 13.0 Å². The molecule has 24 heavy (non-hydrogen) atoms. The first kappa shape index (κ1) is 17.5. The van der Waals surface area contributed by atoms with Gasteiger partial charge >= 0.3 is 0 Å². The van der Waals surface area contributed by atoms with E-state index in [1.54, 1.807) is 11.3 Å². The summed E-state index contributed by atoms with van der Waals surface area (Å²) in [6, 6.07) is 6.13. The van der Waals surface area contributed by atoms with Gasteiger partial charge < -0.3 is 0 Å². The van der Waals surface area contributed by atoms with E-state index in [9.17, 15) is 17.2 Å². The van der Waals surface area contributed by atoms with Gasteiger partial charge in [0.2, 0.25) is 10.0 Å². The van der Waals surface area contributed by atoms with Crippen LogP contribution >= 0.6 is 11.3 Å². The van der Waals surface area contributed by atoms with Crippen LogP contribution in [-0.4, -0.2) is 19.3 Å². The molecule has 0 N–H and O–H groups in total. The van der Waals surface area contributed by atoms with Crippen LogP contribution in [0.3, 0.4) is 0 Å². The van der Waals surface area contributed by atoms with Gasteiger partial charge in [-0.3, -0.25) is 0 Å². The van der Waals surface area contributed by atoms with Crippen LogP contribution in [0.2, 0.25) is 0 Å². The second kappa shape index (κ2) is 6.90. The monoisotopic (exact) mass is 371 g/mol. The average Bonchev–Trinajstić information content (AvgIpc) is 2.82. The molecule has 1 aromatic carbocycles. The summed E-state index contributed by atoms with van der Waals surface area (Å²) in [6.07, 6.45) is 3.25. The minimum Gasteiger partial charge on any atom is -0.207 e. The Labute approximate surface area is 145 Å². The second-order valence-corrected chi connectivity index (χ2v) is 9.18. The van der Waals surface area contributed by atoms with Gasteiger partial charge in [-0.25, -0.2) is 17.2 Å². The van der Waals surface area contributed by atoms with Gasteiger partial charge in [0.1, 0.15) is 16.5 Å². The van der Waals surface area contributed by atoms with E-state index in [1.165, 1.54) is 4.31 Å². The van der Waals surface area contributed by atoms with E-state index in [-0.39, 0.29) is 6.04 Å². The van der Waals surface area contributed by atoms with E-state index in [2.05, 4.69) is 0 Å². The molecular weight excluding hydrogens is 352 g/mol. The molecule has 7 heteroatoms. The van der Waals surface area contributed by atoms with Crippen molar-refractivity contribution >= 4 is 21.4 Å². The van der Waals surface area contributed by atoms with Gasteiger partial charge in [-0.1, -0.05) is 12.8 Å². The van der Waals surface area contributed by atoms with Crippen molar-refractivity contribution in [2.75, 3.05) is 6.54 Å². The van der Waals surface area contributed by atoms with Crippen LogP contribution in [-0.2, 0) is 10.0 Å². The van der Waals surface area contributed by atoms with Crippen LogP contribution in [0.4, 0.5) is 8.78 Å². The van der Waals surface area contributed by atoms with Crippen molar-refractivity contribution in [2.45, 2.75) is 43.5 Å². The van der Waals surface area contributed by atoms with Gasteiger partial charge in [-0.15, -0.1) is 11.3 Å². The number of aryl methyl sites for hydroxylation is 1. The van der Waals surface area contributed by atoms with Crippen molar-refractivity contribution in [3.8, 4) is 0 Å². The van der Waals surface area contributed by atoms with Gasteiger partial charge in [0.15, 0.2) is 0 Å². The number of halogens is 2. The van der Waals surface area contributed by atoms with Crippen LogP contribution < -0.4 is 0 Å². The standard InChI is InChI=1S/C17H19F2NO2S2/c1-12-6-9-16(23-12)15-5-3-2-4-10-20(15)24(21,22)17-11-13(18)7-8-14(17)19/h6-9,11,15H,2-5,10H2,1H3/t15-/m0/s1. The molecule has 3 nitrogen and oxygen atoms in total. The second-order valence-electron chi connectivity index (χ2n) is 6.00. The Kier molecular flexibility index (Phi) is 5.03. The van der Waals surface area contributed by atoms with Crippen molar-refractivity contribution in [2.24, 2.45) is 0 Å². The maximum atomic E-state index is 14.1. The summed E-state index contributed by atoms with van der Waals surface area (Å²) in [6.45, 7) is 2.29. The van der Waals surface area contributed by atoms with Gasteiger partial charge in [0.05, 0.1) is 6.04 Å². The van der Waals surface area contributed by atoms with Crippen molar-refractivity contribution in [1.29, 1.82) is 0 Å². The molecule has 0 aliphatic carbocycles. The topological polar surface area (TPSA) is 37.4 Å². The Bertz CT molecular complexity index is 833. The summed E-state index contributed by atoms with van der Waals surface area (Å²) >= 11 is 1.55. The molecule has 2 heterocycles. The molecule has 0 radical (unpaired) electrons. The lowest BCUT2D eigenvalue weighted by molar-refractivity contribution is 0.331. The van der Waals surface area contributed by atoms with Gasteiger partial charge in [-0.05, 0) is 50.1 Å². The van der Waals surface area contributed by atoms with Crippen molar-refractivity contribution in [3.05, 3.63) is 51.7 Å². The summed E-state index contributed by atoms with van der Waals surface area (Å²) in [5, 5.41) is 0. The predicted molar refractivity (Wildman–Crippen MR) is 90.5 cm³/mol. The molecule has 0 unspecified atom stereocenters. The minimum absolute atomic E-state index is 0.319. The van der Waals surface area contributed by atoms with E-state index in [0.717, 1.165) is 47.2 Å². The minimum atomic E-state index is -4.10. The number of thiophene rings is 1. The van der Waals surface area contributed by atoms with Crippen LogP contribution in [0.15, 0.2) is 35.2 Å². The highest BCUT2D eigenvalue weighted by atomic mass is 32.2. The summed E-state index contributed by atoms with van der Waals surface area (Å²) < 4.78 is 55.0. The first-order chi connectivity index (χ1) is 11.4. The molecule has 1 aromatic heterocycles. The molecule has 1 fully saturated rings. The Morgan fingerprint density at radius 1 is 1.12 bits per heavy atom. The summed E-state index contributed by atoms with van der Waals surface area (Å²) in [5.74, 6) is -1.67. The van der Waals surface area contributed by atoms with Crippen LogP contribution in [0, 0.1) is 18.6 Å². The zero-order valence-corrected chi connectivity index (χ0v) is 15.0. The number of nitrogens with zero attached hydrogens (tertiary/aromatic N) is 1. The van der Waals surface area contributed by atoms with Gasteiger partial charge in [0.25, 0.3) is 0 Å². The smallest absolute Gasteiger partial charge is 0.207 e.